The summed E-state index contributed by atoms with van der Waals surface area (Å²) < 4.78 is 44.4. The Morgan fingerprint density at radius 2 is 0.326 bits per heavy atom. The molecule has 8 nitrogen and oxygen atoms in total. The van der Waals surface area contributed by atoms with E-state index in [1.807, 2.05) is 0 Å². The predicted molar refractivity (Wildman–Crippen MR) is 190 cm³/mol. The van der Waals surface area contributed by atoms with Gasteiger partial charge < -0.3 is 37.9 Å². The van der Waals surface area contributed by atoms with E-state index in [0.29, 0.717) is 92.5 Å². The first kappa shape index (κ1) is 45.7. The second-order valence-corrected chi connectivity index (χ2v) is 12.3. The molecule has 0 unspecified atom stereocenters. The predicted octanol–water partition coefficient (Wildman–Crippen LogP) is 8.96. The second-order valence-electron chi connectivity index (χ2n) is 12.3. The Morgan fingerprint density at radius 3 is 0.543 bits per heavy atom. The molecule has 0 bridgehead atoms. The van der Waals surface area contributed by atoms with Crippen LogP contribution in [0, 0.1) is 0 Å². The van der Waals surface area contributed by atoms with Gasteiger partial charge in [-0.05, 0) is 12.8 Å². The van der Waals surface area contributed by atoms with E-state index in [9.17, 15) is 0 Å². The molecule has 0 heterocycles. The summed E-state index contributed by atoms with van der Waals surface area (Å²) in [6, 6.07) is 0. The van der Waals surface area contributed by atoms with Crippen LogP contribution in [-0.4, -0.2) is 106 Å². The smallest absolute Gasteiger partial charge is 0.0701 e. The SMILES string of the molecule is CCCCCCCCCCCCCCCCCCOCCOCCOCCOCCOCCOCCOCCOCCCCCC. The largest absolute Gasteiger partial charge is 0.379 e. The van der Waals surface area contributed by atoms with Crippen molar-refractivity contribution in [3.05, 3.63) is 0 Å². The van der Waals surface area contributed by atoms with E-state index >= 15 is 0 Å². The molecule has 0 rings (SSSR count). The summed E-state index contributed by atoms with van der Waals surface area (Å²) >= 11 is 0. The summed E-state index contributed by atoms with van der Waals surface area (Å²) in [4.78, 5) is 0. The van der Waals surface area contributed by atoms with E-state index in [1.54, 1.807) is 0 Å². The quantitative estimate of drug-likeness (QED) is 0.0599. The number of ether oxygens (including phenoxy) is 8. The molecule has 0 spiro atoms. The van der Waals surface area contributed by atoms with Crippen molar-refractivity contribution in [2.45, 2.75) is 142 Å². The standard InChI is InChI=1S/C38H78O8/c1-3-5-7-9-10-11-12-13-14-15-16-17-18-19-20-22-24-40-26-28-42-30-32-44-34-36-46-38-37-45-35-33-43-31-29-41-27-25-39-23-21-8-6-4-2/h3-38H2,1-2H3. The van der Waals surface area contributed by atoms with E-state index < -0.39 is 0 Å². The van der Waals surface area contributed by atoms with Crippen molar-refractivity contribution >= 4 is 0 Å². The Kier molecular flexibility index (Phi) is 44.4. The Hall–Kier alpha value is -0.320. The Labute approximate surface area is 285 Å². The van der Waals surface area contributed by atoms with Crippen molar-refractivity contribution in [2.24, 2.45) is 0 Å². The molecule has 0 aromatic rings. The first-order valence-corrected chi connectivity index (χ1v) is 19.5. The summed E-state index contributed by atoms with van der Waals surface area (Å²) in [6.45, 7) is 14.4. The van der Waals surface area contributed by atoms with Crippen molar-refractivity contribution in [1.29, 1.82) is 0 Å². The van der Waals surface area contributed by atoms with Gasteiger partial charge in [-0.25, -0.2) is 0 Å². The molecular weight excluding hydrogens is 584 g/mol. The van der Waals surface area contributed by atoms with Crippen molar-refractivity contribution in [3.8, 4) is 0 Å². The van der Waals surface area contributed by atoms with E-state index in [1.165, 1.54) is 116 Å². The highest BCUT2D eigenvalue weighted by Crippen LogP contribution is 2.13. The first-order chi connectivity index (χ1) is 22.9. The van der Waals surface area contributed by atoms with E-state index in [2.05, 4.69) is 13.8 Å². The van der Waals surface area contributed by atoms with Gasteiger partial charge in [0.25, 0.3) is 0 Å². The van der Waals surface area contributed by atoms with Crippen LogP contribution in [0.2, 0.25) is 0 Å². The zero-order chi connectivity index (χ0) is 33.1. The fraction of sp³-hybridized carbons (Fsp3) is 1.00. The monoisotopic (exact) mass is 663 g/mol. The average molecular weight is 663 g/mol. The maximum absolute atomic E-state index is 5.69. The zero-order valence-corrected chi connectivity index (χ0v) is 30.7. The number of hydrogen-bond acceptors (Lipinski definition) is 8. The van der Waals surface area contributed by atoms with Crippen molar-refractivity contribution < 1.29 is 37.9 Å². The van der Waals surface area contributed by atoms with Crippen LogP contribution in [0.5, 0.6) is 0 Å². The van der Waals surface area contributed by atoms with E-state index in [4.69, 9.17) is 37.9 Å². The molecule has 0 aliphatic carbocycles. The van der Waals surface area contributed by atoms with Gasteiger partial charge in [-0.1, -0.05) is 129 Å². The van der Waals surface area contributed by atoms with Crippen LogP contribution in [-0.2, 0) is 37.9 Å². The fourth-order valence-corrected chi connectivity index (χ4v) is 5.02. The number of unbranched alkanes of at least 4 members (excludes halogenated alkanes) is 18. The minimum absolute atomic E-state index is 0.554. The molecule has 0 aliphatic heterocycles. The highest BCUT2D eigenvalue weighted by Gasteiger charge is 1.97. The topological polar surface area (TPSA) is 73.8 Å². The summed E-state index contributed by atoms with van der Waals surface area (Å²) in [5, 5.41) is 0. The molecule has 0 aromatic carbocycles. The van der Waals surface area contributed by atoms with E-state index in [0.717, 1.165) is 26.1 Å². The Morgan fingerprint density at radius 1 is 0.174 bits per heavy atom. The molecule has 0 saturated heterocycles. The van der Waals surface area contributed by atoms with Crippen LogP contribution in [0.1, 0.15) is 142 Å². The lowest BCUT2D eigenvalue weighted by Crippen LogP contribution is -2.15. The molecule has 0 saturated carbocycles. The van der Waals surface area contributed by atoms with Gasteiger partial charge in [0.05, 0.1) is 92.5 Å². The molecule has 0 N–H and O–H groups in total. The molecule has 0 radical (unpaired) electrons. The summed E-state index contributed by atoms with van der Waals surface area (Å²) in [6.07, 6.45) is 27.2. The lowest BCUT2D eigenvalue weighted by atomic mass is 10.0. The van der Waals surface area contributed by atoms with E-state index in [-0.39, 0.29) is 0 Å². The lowest BCUT2D eigenvalue weighted by molar-refractivity contribution is -0.0232. The third-order valence-corrected chi connectivity index (χ3v) is 7.89. The van der Waals surface area contributed by atoms with Gasteiger partial charge in [-0.2, -0.15) is 0 Å². The Bertz CT molecular complexity index is 467. The highest BCUT2D eigenvalue weighted by atomic mass is 16.6. The average Bonchev–Trinajstić information content (AvgIpc) is 3.07. The van der Waals surface area contributed by atoms with Gasteiger partial charge in [0, 0.05) is 13.2 Å². The van der Waals surface area contributed by atoms with Crippen molar-refractivity contribution in [2.75, 3.05) is 106 Å². The normalized spacial score (nSPS) is 11.6. The fourth-order valence-electron chi connectivity index (χ4n) is 5.02. The molecule has 0 atom stereocenters. The Balaban J connectivity index is 3.03. The third kappa shape index (κ3) is 43.7. The molecule has 0 aliphatic rings. The highest BCUT2D eigenvalue weighted by molar-refractivity contribution is 4.50. The maximum Gasteiger partial charge on any atom is 0.0701 e. The van der Waals surface area contributed by atoms with Crippen LogP contribution < -0.4 is 0 Å². The molecule has 8 heteroatoms. The van der Waals surface area contributed by atoms with Crippen molar-refractivity contribution in [3.63, 3.8) is 0 Å². The minimum atomic E-state index is 0.554. The van der Waals surface area contributed by atoms with Crippen LogP contribution >= 0.6 is 0 Å². The number of hydrogen-bond donors (Lipinski definition) is 0. The second kappa shape index (κ2) is 44.7. The maximum atomic E-state index is 5.69. The minimum Gasteiger partial charge on any atom is -0.379 e. The molecule has 0 fully saturated rings. The zero-order valence-electron chi connectivity index (χ0n) is 30.7. The van der Waals surface area contributed by atoms with Gasteiger partial charge in [-0.15, -0.1) is 0 Å². The molecule has 0 aromatic heterocycles. The van der Waals surface area contributed by atoms with Gasteiger partial charge in [0.1, 0.15) is 0 Å². The summed E-state index contributed by atoms with van der Waals surface area (Å²) in [5.41, 5.74) is 0. The first-order valence-electron chi connectivity index (χ1n) is 19.5. The molecule has 46 heavy (non-hydrogen) atoms. The van der Waals surface area contributed by atoms with Gasteiger partial charge in [-0.3, -0.25) is 0 Å². The molecular formula is C38H78O8. The van der Waals surface area contributed by atoms with Gasteiger partial charge >= 0.3 is 0 Å². The van der Waals surface area contributed by atoms with Crippen LogP contribution in [0.3, 0.4) is 0 Å². The van der Waals surface area contributed by atoms with Crippen LogP contribution in [0.25, 0.3) is 0 Å². The van der Waals surface area contributed by atoms with Crippen LogP contribution in [0.4, 0.5) is 0 Å². The molecule has 278 valence electrons. The van der Waals surface area contributed by atoms with Crippen molar-refractivity contribution in [1.82, 2.24) is 0 Å². The molecule has 0 amide bonds. The van der Waals surface area contributed by atoms with Gasteiger partial charge in [0.15, 0.2) is 0 Å². The van der Waals surface area contributed by atoms with Gasteiger partial charge in [0.2, 0.25) is 0 Å². The number of rotatable bonds is 43. The van der Waals surface area contributed by atoms with Crippen LogP contribution in [0.15, 0.2) is 0 Å². The summed E-state index contributed by atoms with van der Waals surface area (Å²) in [7, 11) is 0. The lowest BCUT2D eigenvalue weighted by Gasteiger charge is -2.09. The third-order valence-electron chi connectivity index (χ3n) is 7.89. The summed E-state index contributed by atoms with van der Waals surface area (Å²) in [5.74, 6) is 0.